The van der Waals surface area contributed by atoms with E-state index in [2.05, 4.69) is 26.8 Å². The number of carboxylic acid groups (broad SMARTS) is 2. The highest BCUT2D eigenvalue weighted by Crippen LogP contribution is 2.50. The summed E-state index contributed by atoms with van der Waals surface area (Å²) in [4.78, 5) is 22.6. The van der Waals surface area contributed by atoms with Gasteiger partial charge in [0.25, 0.3) is 0 Å². The zero-order chi connectivity index (χ0) is 23.2. The summed E-state index contributed by atoms with van der Waals surface area (Å²) in [6.45, 7) is 10.3. The van der Waals surface area contributed by atoms with Gasteiger partial charge in [-0.1, -0.05) is 31.7 Å². The van der Waals surface area contributed by atoms with Crippen molar-refractivity contribution in [3.8, 4) is 0 Å². The first-order valence-corrected chi connectivity index (χ1v) is 12.1. The van der Waals surface area contributed by atoms with Gasteiger partial charge in [0.1, 0.15) is 0 Å². The third-order valence-corrected chi connectivity index (χ3v) is 7.67. The molecule has 2 rings (SSSR count). The molecule has 0 unspecified atom stereocenters. The lowest BCUT2D eigenvalue weighted by Gasteiger charge is -2.19. The number of hydrogen-bond donors (Lipinski definition) is 2. The van der Waals surface area contributed by atoms with Crippen LogP contribution in [0.25, 0.3) is 0 Å². The van der Waals surface area contributed by atoms with Crippen molar-refractivity contribution in [3.05, 3.63) is 33.9 Å². The Balaban J connectivity index is 1.82. The van der Waals surface area contributed by atoms with E-state index in [9.17, 15) is 19.8 Å². The largest absolute Gasteiger partial charge is 0.481 e. The van der Waals surface area contributed by atoms with Gasteiger partial charge in [-0.2, -0.15) is 0 Å². The van der Waals surface area contributed by atoms with E-state index >= 15 is 0 Å². The van der Waals surface area contributed by atoms with E-state index in [0.717, 1.165) is 77.0 Å². The number of aryl methyl sites for hydroxylation is 2. The van der Waals surface area contributed by atoms with Crippen LogP contribution in [0.2, 0.25) is 0 Å². The Bertz CT molecular complexity index is 787. The maximum absolute atomic E-state index is 11.3. The van der Waals surface area contributed by atoms with Gasteiger partial charge < -0.3 is 10.2 Å². The number of unbranched alkanes of at least 4 members (excludes halogenated alkanes) is 4. The fourth-order valence-electron chi connectivity index (χ4n) is 4.55. The summed E-state index contributed by atoms with van der Waals surface area (Å²) in [6, 6.07) is 2.38. The van der Waals surface area contributed by atoms with Crippen LogP contribution in [0.3, 0.4) is 0 Å². The van der Waals surface area contributed by atoms with E-state index in [1.807, 2.05) is 0 Å². The van der Waals surface area contributed by atoms with Gasteiger partial charge in [-0.25, -0.2) is 0 Å². The molecule has 0 saturated heterocycles. The van der Waals surface area contributed by atoms with Crippen LogP contribution in [-0.4, -0.2) is 22.2 Å². The summed E-state index contributed by atoms with van der Waals surface area (Å²) in [7, 11) is 0. The molecule has 0 heterocycles. The van der Waals surface area contributed by atoms with Crippen LogP contribution in [-0.2, 0) is 22.4 Å². The maximum atomic E-state index is 11.3. The molecular weight excluding hydrogens is 388 g/mol. The molecule has 4 heteroatoms. The molecule has 1 aromatic carbocycles. The third-order valence-electron chi connectivity index (χ3n) is 7.67. The van der Waals surface area contributed by atoms with Crippen LogP contribution in [0.15, 0.2) is 6.07 Å². The van der Waals surface area contributed by atoms with Crippen molar-refractivity contribution in [2.24, 2.45) is 10.8 Å². The molecule has 0 aliphatic heterocycles. The average Bonchev–Trinajstić information content (AvgIpc) is 3.50. The fourth-order valence-corrected chi connectivity index (χ4v) is 4.55. The predicted octanol–water partition coefficient (Wildman–Crippen LogP) is 6.79. The highest BCUT2D eigenvalue weighted by molar-refractivity contribution is 5.77. The van der Waals surface area contributed by atoms with Crippen LogP contribution in [0.5, 0.6) is 0 Å². The lowest BCUT2D eigenvalue weighted by Crippen LogP contribution is -2.23. The average molecular weight is 431 g/mol. The highest BCUT2D eigenvalue weighted by atomic mass is 16.4. The lowest BCUT2D eigenvalue weighted by molar-refractivity contribution is -0.147. The number of carbonyl (C=O) groups is 2. The minimum Gasteiger partial charge on any atom is -0.481 e. The lowest BCUT2D eigenvalue weighted by atomic mass is 9.86. The van der Waals surface area contributed by atoms with Gasteiger partial charge >= 0.3 is 11.9 Å². The summed E-state index contributed by atoms with van der Waals surface area (Å²) < 4.78 is 0. The monoisotopic (exact) mass is 430 g/mol. The Morgan fingerprint density at radius 2 is 1.35 bits per heavy atom. The summed E-state index contributed by atoms with van der Waals surface area (Å²) in [5.74, 6) is -1.32. The minimum absolute atomic E-state index is 0.400. The second-order valence-electron chi connectivity index (χ2n) is 10.5. The Morgan fingerprint density at radius 3 is 1.84 bits per heavy atom. The molecule has 1 aliphatic rings. The topological polar surface area (TPSA) is 74.6 Å². The summed E-state index contributed by atoms with van der Waals surface area (Å²) in [5.41, 5.74) is 6.01. The van der Waals surface area contributed by atoms with Crippen molar-refractivity contribution >= 4 is 11.9 Å². The Morgan fingerprint density at radius 1 is 0.839 bits per heavy atom. The van der Waals surface area contributed by atoms with Crippen LogP contribution in [0, 0.1) is 31.6 Å². The molecule has 0 bridgehead atoms. The quantitative estimate of drug-likeness (QED) is 0.319. The van der Waals surface area contributed by atoms with Gasteiger partial charge in [0.2, 0.25) is 0 Å². The first-order valence-electron chi connectivity index (χ1n) is 12.1. The predicted molar refractivity (Wildman–Crippen MR) is 126 cm³/mol. The molecule has 1 aromatic rings. The number of benzene rings is 1. The molecule has 0 aromatic heterocycles. The third kappa shape index (κ3) is 6.82. The number of carboxylic acids is 2. The van der Waals surface area contributed by atoms with E-state index in [1.165, 1.54) is 27.8 Å². The van der Waals surface area contributed by atoms with Gasteiger partial charge in [0.05, 0.1) is 10.8 Å². The van der Waals surface area contributed by atoms with E-state index in [1.54, 1.807) is 13.8 Å². The Hall–Kier alpha value is -1.84. The van der Waals surface area contributed by atoms with Crippen molar-refractivity contribution in [2.75, 3.05) is 0 Å². The van der Waals surface area contributed by atoms with Gasteiger partial charge in [-0.15, -0.1) is 0 Å². The van der Waals surface area contributed by atoms with Crippen molar-refractivity contribution in [1.29, 1.82) is 0 Å². The Kier molecular flexibility index (Phi) is 8.73. The first-order chi connectivity index (χ1) is 14.5. The molecule has 1 saturated carbocycles. The zero-order valence-electron chi connectivity index (χ0n) is 20.3. The number of aliphatic carboxylic acids is 2. The van der Waals surface area contributed by atoms with E-state index < -0.39 is 22.8 Å². The highest BCUT2D eigenvalue weighted by Gasteiger charge is 2.49. The molecule has 0 amide bonds. The minimum atomic E-state index is -0.707. The summed E-state index contributed by atoms with van der Waals surface area (Å²) in [5, 5.41) is 18.6. The number of rotatable bonds is 14. The summed E-state index contributed by atoms with van der Waals surface area (Å²) in [6.07, 6.45) is 11.7. The molecule has 174 valence electrons. The van der Waals surface area contributed by atoms with Crippen LogP contribution in [0.4, 0.5) is 0 Å². The second kappa shape index (κ2) is 10.7. The molecule has 2 N–H and O–H groups in total. The number of hydrogen-bond acceptors (Lipinski definition) is 2. The van der Waals surface area contributed by atoms with Crippen molar-refractivity contribution in [1.82, 2.24) is 0 Å². The molecule has 4 nitrogen and oxygen atoms in total. The van der Waals surface area contributed by atoms with Crippen molar-refractivity contribution < 1.29 is 19.8 Å². The van der Waals surface area contributed by atoms with Crippen molar-refractivity contribution in [3.63, 3.8) is 0 Å². The van der Waals surface area contributed by atoms with Gasteiger partial charge in [-0.3, -0.25) is 9.59 Å². The fraction of sp³-hybridized carbons (Fsp3) is 0.704. The second-order valence-corrected chi connectivity index (χ2v) is 10.5. The summed E-state index contributed by atoms with van der Waals surface area (Å²) >= 11 is 0. The SMILES string of the molecule is Cc1c(CCCCCCC(C)(C)C(=O)O)cc(CCCCC2(C(=O)O)CC2)c(C)c1C. The van der Waals surface area contributed by atoms with Gasteiger partial charge in [0.15, 0.2) is 0 Å². The normalized spacial score (nSPS) is 15.1. The standard InChI is InChI=1S/C27H42O4/c1-19-20(2)22(12-8-6-7-10-14-26(4,5)24(28)29)18-23(21(19)3)13-9-11-15-27(16-17-27)25(30)31/h18H,6-17H2,1-5H3,(H,28,29)(H,30,31). The molecule has 0 radical (unpaired) electrons. The molecule has 1 fully saturated rings. The molecule has 0 spiro atoms. The van der Waals surface area contributed by atoms with E-state index in [4.69, 9.17) is 0 Å². The molecular formula is C27H42O4. The smallest absolute Gasteiger partial charge is 0.309 e. The van der Waals surface area contributed by atoms with Gasteiger partial charge in [0, 0.05) is 0 Å². The Labute approximate surface area is 188 Å². The van der Waals surface area contributed by atoms with Crippen LogP contribution < -0.4 is 0 Å². The zero-order valence-corrected chi connectivity index (χ0v) is 20.3. The maximum Gasteiger partial charge on any atom is 0.309 e. The molecule has 0 atom stereocenters. The molecule has 1 aliphatic carbocycles. The van der Waals surface area contributed by atoms with Crippen LogP contribution >= 0.6 is 0 Å². The van der Waals surface area contributed by atoms with E-state index in [0.29, 0.717) is 0 Å². The van der Waals surface area contributed by atoms with Gasteiger partial charge in [-0.05, 0) is 114 Å². The van der Waals surface area contributed by atoms with E-state index in [-0.39, 0.29) is 0 Å². The first kappa shape index (κ1) is 25.4. The van der Waals surface area contributed by atoms with Crippen molar-refractivity contribution in [2.45, 2.75) is 112 Å². The van der Waals surface area contributed by atoms with Crippen LogP contribution in [0.1, 0.15) is 106 Å². The molecule has 31 heavy (non-hydrogen) atoms.